The molecule has 1 fully saturated rings. The van der Waals surface area contributed by atoms with Crippen LogP contribution in [-0.4, -0.2) is 23.4 Å². The molecule has 0 aromatic heterocycles. The minimum atomic E-state index is -4.59. The summed E-state index contributed by atoms with van der Waals surface area (Å²) in [5.74, 6) is 0.255. The molecule has 0 saturated heterocycles. The van der Waals surface area contributed by atoms with Crippen molar-refractivity contribution in [1.82, 2.24) is 0 Å². The summed E-state index contributed by atoms with van der Waals surface area (Å²) in [6.07, 6.45) is -1.50. The van der Waals surface area contributed by atoms with Crippen molar-refractivity contribution in [2.24, 2.45) is 11.7 Å². The summed E-state index contributed by atoms with van der Waals surface area (Å²) >= 11 is 0. The molecule has 2 nitrogen and oxygen atoms in total. The molecule has 0 amide bonds. The van der Waals surface area contributed by atoms with Crippen LogP contribution in [0.4, 0.5) is 13.2 Å². The molecule has 15 heavy (non-hydrogen) atoms. The molecule has 0 heterocycles. The second-order valence-corrected chi connectivity index (χ2v) is 4.39. The lowest BCUT2D eigenvalue weighted by Crippen LogP contribution is -2.46. The van der Waals surface area contributed by atoms with Crippen molar-refractivity contribution < 1.29 is 18.3 Å². The van der Waals surface area contributed by atoms with E-state index < -0.39 is 18.3 Å². The molecule has 90 valence electrons. The maximum atomic E-state index is 12.1. The molecule has 0 unspecified atom stereocenters. The molecular formula is C10H18F3NO. The minimum absolute atomic E-state index is 0.255. The first-order valence-corrected chi connectivity index (χ1v) is 5.41. The van der Waals surface area contributed by atoms with E-state index in [2.05, 4.69) is 0 Å². The summed E-state index contributed by atoms with van der Waals surface area (Å²) < 4.78 is 36.4. The molecule has 0 aromatic carbocycles. The molecule has 1 aliphatic rings. The monoisotopic (exact) mass is 225 g/mol. The zero-order valence-corrected chi connectivity index (χ0v) is 8.63. The lowest BCUT2D eigenvalue weighted by molar-refractivity contribution is -0.210. The summed E-state index contributed by atoms with van der Waals surface area (Å²) in [4.78, 5) is 0. The third-order valence-corrected chi connectivity index (χ3v) is 3.07. The van der Waals surface area contributed by atoms with E-state index in [4.69, 9.17) is 10.8 Å². The molecule has 5 heteroatoms. The Morgan fingerprint density at radius 2 is 1.73 bits per heavy atom. The van der Waals surface area contributed by atoms with E-state index in [1.165, 1.54) is 0 Å². The van der Waals surface area contributed by atoms with Crippen LogP contribution in [0.15, 0.2) is 0 Å². The first kappa shape index (κ1) is 12.8. The van der Waals surface area contributed by atoms with E-state index >= 15 is 0 Å². The Kier molecular flexibility index (Phi) is 4.40. The van der Waals surface area contributed by atoms with Gasteiger partial charge in [-0.15, -0.1) is 0 Å². The first-order chi connectivity index (χ1) is 6.91. The van der Waals surface area contributed by atoms with Crippen LogP contribution in [0.5, 0.6) is 0 Å². The van der Waals surface area contributed by atoms with Crippen molar-refractivity contribution >= 4 is 0 Å². The van der Waals surface area contributed by atoms with Gasteiger partial charge in [-0.05, 0) is 12.3 Å². The molecule has 0 radical (unpaired) electrons. The van der Waals surface area contributed by atoms with Gasteiger partial charge in [0.15, 0.2) is 6.10 Å². The van der Waals surface area contributed by atoms with Crippen LogP contribution in [0, 0.1) is 5.92 Å². The van der Waals surface area contributed by atoms with Gasteiger partial charge in [-0.1, -0.05) is 32.1 Å². The van der Waals surface area contributed by atoms with E-state index in [1.54, 1.807) is 0 Å². The average molecular weight is 225 g/mol. The predicted molar refractivity (Wildman–Crippen MR) is 51.2 cm³/mol. The third kappa shape index (κ3) is 3.99. The molecule has 3 N–H and O–H groups in total. The summed E-state index contributed by atoms with van der Waals surface area (Å²) in [7, 11) is 0. The Morgan fingerprint density at radius 3 is 2.20 bits per heavy atom. The summed E-state index contributed by atoms with van der Waals surface area (Å²) in [5, 5.41) is 8.93. The Labute approximate surface area is 87.6 Å². The van der Waals surface area contributed by atoms with Crippen LogP contribution in [0.2, 0.25) is 0 Å². The molecule has 1 aliphatic carbocycles. The normalized spacial score (nSPS) is 23.8. The molecule has 2 atom stereocenters. The van der Waals surface area contributed by atoms with Crippen molar-refractivity contribution in [3.05, 3.63) is 0 Å². The molecular weight excluding hydrogens is 207 g/mol. The average Bonchev–Trinajstić information content (AvgIpc) is 2.16. The Morgan fingerprint density at radius 1 is 1.20 bits per heavy atom. The van der Waals surface area contributed by atoms with Crippen molar-refractivity contribution in [2.75, 3.05) is 0 Å². The third-order valence-electron chi connectivity index (χ3n) is 3.07. The second-order valence-electron chi connectivity index (χ2n) is 4.39. The lowest BCUT2D eigenvalue weighted by atomic mass is 9.84. The van der Waals surface area contributed by atoms with Crippen LogP contribution < -0.4 is 5.73 Å². The zero-order chi connectivity index (χ0) is 11.5. The largest absolute Gasteiger partial charge is 0.415 e. The fourth-order valence-corrected chi connectivity index (χ4v) is 2.18. The van der Waals surface area contributed by atoms with Crippen LogP contribution in [0.1, 0.15) is 38.5 Å². The predicted octanol–water partition coefficient (Wildman–Crippen LogP) is 2.21. The van der Waals surface area contributed by atoms with Gasteiger partial charge in [0.2, 0.25) is 0 Å². The Bertz CT molecular complexity index is 190. The number of halogens is 3. The highest BCUT2D eigenvalue weighted by Crippen LogP contribution is 2.30. The Balaban J connectivity index is 2.36. The van der Waals surface area contributed by atoms with E-state index in [0.717, 1.165) is 32.1 Å². The lowest BCUT2D eigenvalue weighted by Gasteiger charge is -2.27. The maximum Gasteiger partial charge on any atom is 0.415 e. The molecule has 0 bridgehead atoms. The van der Waals surface area contributed by atoms with Gasteiger partial charge in [0, 0.05) is 6.04 Å². The molecule has 1 rings (SSSR count). The fourth-order valence-electron chi connectivity index (χ4n) is 2.18. The highest BCUT2D eigenvalue weighted by Gasteiger charge is 2.42. The number of rotatable bonds is 3. The standard InChI is InChI=1S/C10H18F3NO/c11-10(12,13)9(15)8(14)6-7-4-2-1-3-5-7/h7-9,15H,1-6,14H2/t8-,9-/m0/s1. The van der Waals surface area contributed by atoms with Gasteiger partial charge in [-0.2, -0.15) is 13.2 Å². The van der Waals surface area contributed by atoms with Gasteiger partial charge in [0.25, 0.3) is 0 Å². The van der Waals surface area contributed by atoms with Crippen molar-refractivity contribution in [3.8, 4) is 0 Å². The molecule has 0 spiro atoms. The number of nitrogens with two attached hydrogens (primary N) is 1. The van der Waals surface area contributed by atoms with E-state index in [1.807, 2.05) is 0 Å². The van der Waals surface area contributed by atoms with Crippen LogP contribution in [-0.2, 0) is 0 Å². The van der Waals surface area contributed by atoms with Crippen LogP contribution in [0.3, 0.4) is 0 Å². The summed E-state index contributed by atoms with van der Waals surface area (Å²) in [6, 6.07) is -1.17. The van der Waals surface area contributed by atoms with Crippen LogP contribution in [0.25, 0.3) is 0 Å². The van der Waals surface area contributed by atoms with Gasteiger partial charge in [0.05, 0.1) is 0 Å². The van der Waals surface area contributed by atoms with Gasteiger partial charge < -0.3 is 10.8 Å². The summed E-state index contributed by atoms with van der Waals surface area (Å²) in [5.41, 5.74) is 5.36. The number of alkyl halides is 3. The van der Waals surface area contributed by atoms with Gasteiger partial charge in [0.1, 0.15) is 0 Å². The highest BCUT2D eigenvalue weighted by molar-refractivity contribution is 4.81. The van der Waals surface area contributed by atoms with Crippen LogP contribution >= 0.6 is 0 Å². The van der Waals surface area contributed by atoms with Crippen molar-refractivity contribution in [3.63, 3.8) is 0 Å². The SMILES string of the molecule is N[C@@H](CC1CCCCC1)[C@H](O)C(F)(F)F. The van der Waals surface area contributed by atoms with Crippen molar-refractivity contribution in [1.29, 1.82) is 0 Å². The number of hydrogen-bond donors (Lipinski definition) is 2. The first-order valence-electron chi connectivity index (χ1n) is 5.41. The zero-order valence-electron chi connectivity index (χ0n) is 8.63. The number of aliphatic hydroxyl groups is 1. The van der Waals surface area contributed by atoms with E-state index in [0.29, 0.717) is 0 Å². The second kappa shape index (κ2) is 5.16. The Hall–Kier alpha value is -0.290. The number of aliphatic hydroxyl groups excluding tert-OH is 1. The fraction of sp³-hybridized carbons (Fsp3) is 1.00. The van der Waals surface area contributed by atoms with Gasteiger partial charge in [-0.25, -0.2) is 0 Å². The van der Waals surface area contributed by atoms with Gasteiger partial charge in [-0.3, -0.25) is 0 Å². The number of hydrogen-bond acceptors (Lipinski definition) is 2. The summed E-state index contributed by atoms with van der Waals surface area (Å²) in [6.45, 7) is 0. The van der Waals surface area contributed by atoms with Crippen molar-refractivity contribution in [2.45, 2.75) is 56.8 Å². The topological polar surface area (TPSA) is 46.2 Å². The highest BCUT2D eigenvalue weighted by atomic mass is 19.4. The molecule has 0 aliphatic heterocycles. The smallest absolute Gasteiger partial charge is 0.382 e. The van der Waals surface area contributed by atoms with E-state index in [-0.39, 0.29) is 12.3 Å². The van der Waals surface area contributed by atoms with E-state index in [9.17, 15) is 13.2 Å². The minimum Gasteiger partial charge on any atom is -0.382 e. The molecule has 1 saturated carbocycles. The quantitative estimate of drug-likeness (QED) is 0.773. The molecule has 0 aromatic rings. The van der Waals surface area contributed by atoms with Gasteiger partial charge >= 0.3 is 6.18 Å². The maximum absolute atomic E-state index is 12.1.